The summed E-state index contributed by atoms with van der Waals surface area (Å²) in [5.74, 6) is 0.858. The Kier molecular flexibility index (Phi) is 5.76. The Bertz CT molecular complexity index is 432. The molecule has 2 rings (SSSR count). The largest absolute Gasteiger partial charge is 0.492 e. The highest BCUT2D eigenvalue weighted by Crippen LogP contribution is 2.26. The van der Waals surface area contributed by atoms with Crippen molar-refractivity contribution < 1.29 is 9.84 Å². The molecule has 0 unspecified atom stereocenters. The van der Waals surface area contributed by atoms with E-state index in [2.05, 4.69) is 4.90 Å². The molecule has 1 aliphatic carbocycles. The van der Waals surface area contributed by atoms with Crippen molar-refractivity contribution >= 4 is 17.2 Å². The van der Waals surface area contributed by atoms with Crippen molar-refractivity contribution in [1.29, 1.82) is 0 Å². The third-order valence-electron chi connectivity index (χ3n) is 3.40. The van der Waals surface area contributed by atoms with Gasteiger partial charge in [0.25, 0.3) is 0 Å². The first kappa shape index (κ1) is 15.2. The highest BCUT2D eigenvalue weighted by atomic mass is 32.1. The standard InChI is InChI=1S/C15H22N2O2S/c16-15(20)11-12-1-5-14(6-2-12)19-10-8-17(7-9-18)13-3-4-13/h1-2,5-6,13,18H,3-4,7-11H2,(H2,16,20). The molecule has 0 aromatic heterocycles. The van der Waals surface area contributed by atoms with Crippen LogP contribution in [0.2, 0.25) is 0 Å². The summed E-state index contributed by atoms with van der Waals surface area (Å²) in [6.45, 7) is 2.45. The molecule has 3 N–H and O–H groups in total. The second-order valence-corrected chi connectivity index (χ2v) is 5.65. The molecular weight excluding hydrogens is 272 g/mol. The summed E-state index contributed by atoms with van der Waals surface area (Å²) in [7, 11) is 0. The molecule has 0 heterocycles. The van der Waals surface area contributed by atoms with Gasteiger partial charge in [0.15, 0.2) is 0 Å². The molecule has 0 aliphatic heterocycles. The molecule has 0 bridgehead atoms. The van der Waals surface area contributed by atoms with Gasteiger partial charge in [0.05, 0.1) is 11.6 Å². The third-order valence-corrected chi connectivity index (χ3v) is 3.54. The van der Waals surface area contributed by atoms with E-state index < -0.39 is 0 Å². The van der Waals surface area contributed by atoms with Crippen molar-refractivity contribution in [3.63, 3.8) is 0 Å². The van der Waals surface area contributed by atoms with Crippen molar-refractivity contribution in [2.45, 2.75) is 25.3 Å². The first-order chi connectivity index (χ1) is 9.69. The number of nitrogens with two attached hydrogens (primary N) is 1. The molecule has 1 aromatic carbocycles. The van der Waals surface area contributed by atoms with Gasteiger partial charge in [0.2, 0.25) is 0 Å². The molecule has 1 fully saturated rings. The number of nitrogens with zero attached hydrogens (tertiary/aromatic N) is 1. The average molecular weight is 294 g/mol. The smallest absolute Gasteiger partial charge is 0.119 e. The van der Waals surface area contributed by atoms with Crippen LogP contribution in [-0.2, 0) is 6.42 Å². The first-order valence-electron chi connectivity index (χ1n) is 7.04. The summed E-state index contributed by atoms with van der Waals surface area (Å²) in [4.78, 5) is 2.80. The second-order valence-electron chi connectivity index (χ2n) is 5.13. The van der Waals surface area contributed by atoms with E-state index in [1.54, 1.807) is 0 Å². The highest BCUT2D eigenvalue weighted by Gasteiger charge is 2.28. The molecule has 20 heavy (non-hydrogen) atoms. The van der Waals surface area contributed by atoms with Gasteiger partial charge in [0, 0.05) is 25.6 Å². The average Bonchev–Trinajstić information content (AvgIpc) is 3.23. The third kappa shape index (κ3) is 5.07. The number of aliphatic hydroxyl groups excluding tert-OH is 1. The number of rotatable bonds is 9. The Morgan fingerprint density at radius 1 is 1.30 bits per heavy atom. The number of aliphatic hydroxyl groups is 1. The maximum Gasteiger partial charge on any atom is 0.119 e. The van der Waals surface area contributed by atoms with Crippen molar-refractivity contribution in [3.05, 3.63) is 29.8 Å². The van der Waals surface area contributed by atoms with Gasteiger partial charge in [-0.3, -0.25) is 4.90 Å². The number of hydrogen-bond donors (Lipinski definition) is 2. The summed E-state index contributed by atoms with van der Waals surface area (Å²) >= 11 is 4.88. The normalized spacial score (nSPS) is 14.5. The first-order valence-corrected chi connectivity index (χ1v) is 7.45. The molecule has 110 valence electrons. The van der Waals surface area contributed by atoms with Crippen LogP contribution < -0.4 is 10.5 Å². The minimum Gasteiger partial charge on any atom is -0.492 e. The molecular formula is C15H22N2O2S. The second kappa shape index (κ2) is 7.57. The predicted molar refractivity (Wildman–Crippen MR) is 84.1 cm³/mol. The Balaban J connectivity index is 1.74. The van der Waals surface area contributed by atoms with Crippen molar-refractivity contribution in [2.75, 3.05) is 26.3 Å². The van der Waals surface area contributed by atoms with Gasteiger partial charge in [0.1, 0.15) is 12.4 Å². The van der Waals surface area contributed by atoms with E-state index in [9.17, 15) is 0 Å². The van der Waals surface area contributed by atoms with Gasteiger partial charge in [-0.05, 0) is 30.5 Å². The van der Waals surface area contributed by atoms with E-state index in [1.807, 2.05) is 24.3 Å². The summed E-state index contributed by atoms with van der Waals surface area (Å²) in [5, 5.41) is 9.03. The maximum absolute atomic E-state index is 9.03. The van der Waals surface area contributed by atoms with Crippen LogP contribution in [0.25, 0.3) is 0 Å². The monoisotopic (exact) mass is 294 g/mol. The van der Waals surface area contributed by atoms with E-state index >= 15 is 0 Å². The molecule has 0 amide bonds. The van der Waals surface area contributed by atoms with E-state index in [4.69, 9.17) is 27.8 Å². The van der Waals surface area contributed by atoms with Gasteiger partial charge >= 0.3 is 0 Å². The van der Waals surface area contributed by atoms with Crippen molar-refractivity contribution in [1.82, 2.24) is 4.90 Å². The van der Waals surface area contributed by atoms with Crippen LogP contribution in [-0.4, -0.2) is 47.3 Å². The Morgan fingerprint density at radius 2 is 2.00 bits per heavy atom. The minimum atomic E-state index is 0.212. The molecule has 1 aliphatic rings. The fraction of sp³-hybridized carbons (Fsp3) is 0.533. The zero-order valence-electron chi connectivity index (χ0n) is 11.6. The van der Waals surface area contributed by atoms with Crippen LogP contribution in [0.1, 0.15) is 18.4 Å². The molecule has 1 aromatic rings. The van der Waals surface area contributed by atoms with E-state index in [0.29, 0.717) is 24.1 Å². The summed E-state index contributed by atoms with van der Waals surface area (Å²) in [6, 6.07) is 8.52. The molecule has 0 spiro atoms. The lowest BCUT2D eigenvalue weighted by atomic mass is 10.1. The summed E-state index contributed by atoms with van der Waals surface area (Å²) in [5.41, 5.74) is 6.61. The molecule has 0 radical (unpaired) electrons. The Morgan fingerprint density at radius 3 is 2.55 bits per heavy atom. The van der Waals surface area contributed by atoms with Crippen LogP contribution in [0.3, 0.4) is 0 Å². The Labute approximate surface area is 125 Å². The van der Waals surface area contributed by atoms with Gasteiger partial charge in [-0.15, -0.1) is 0 Å². The molecule has 1 saturated carbocycles. The van der Waals surface area contributed by atoms with Crippen LogP contribution in [0.5, 0.6) is 5.75 Å². The SMILES string of the molecule is NC(=S)Cc1ccc(OCCN(CCO)C2CC2)cc1. The van der Waals surface area contributed by atoms with E-state index in [-0.39, 0.29) is 6.61 Å². The predicted octanol–water partition coefficient (Wildman–Crippen LogP) is 1.35. The molecule has 0 saturated heterocycles. The Hall–Kier alpha value is -1.17. The topological polar surface area (TPSA) is 58.7 Å². The van der Waals surface area contributed by atoms with E-state index in [1.165, 1.54) is 12.8 Å². The number of benzene rings is 1. The zero-order chi connectivity index (χ0) is 14.4. The van der Waals surface area contributed by atoms with Crippen molar-refractivity contribution in [2.24, 2.45) is 5.73 Å². The van der Waals surface area contributed by atoms with Crippen molar-refractivity contribution in [3.8, 4) is 5.75 Å². The lowest BCUT2D eigenvalue weighted by Gasteiger charge is -2.20. The fourth-order valence-electron chi connectivity index (χ4n) is 2.23. The highest BCUT2D eigenvalue weighted by molar-refractivity contribution is 7.80. The zero-order valence-corrected chi connectivity index (χ0v) is 12.4. The maximum atomic E-state index is 9.03. The minimum absolute atomic E-state index is 0.212. The van der Waals surface area contributed by atoms with Gasteiger partial charge in [-0.1, -0.05) is 24.4 Å². The summed E-state index contributed by atoms with van der Waals surface area (Å²) in [6.07, 6.45) is 3.11. The van der Waals surface area contributed by atoms with Gasteiger partial charge in [-0.2, -0.15) is 0 Å². The lowest BCUT2D eigenvalue weighted by Crippen LogP contribution is -2.33. The van der Waals surface area contributed by atoms with Crippen LogP contribution in [0.4, 0.5) is 0 Å². The fourth-order valence-corrected chi connectivity index (χ4v) is 2.40. The van der Waals surface area contributed by atoms with E-state index in [0.717, 1.165) is 24.4 Å². The van der Waals surface area contributed by atoms with Crippen LogP contribution in [0.15, 0.2) is 24.3 Å². The van der Waals surface area contributed by atoms with Gasteiger partial charge < -0.3 is 15.6 Å². The molecule has 5 heteroatoms. The molecule has 4 nitrogen and oxygen atoms in total. The number of thiocarbonyl (C=S) groups is 1. The molecule has 0 atom stereocenters. The number of hydrogen-bond acceptors (Lipinski definition) is 4. The van der Waals surface area contributed by atoms with Crippen LogP contribution >= 0.6 is 12.2 Å². The number of ether oxygens (including phenoxy) is 1. The quantitative estimate of drug-likeness (QED) is 0.673. The van der Waals surface area contributed by atoms with Crippen LogP contribution in [0, 0.1) is 0 Å². The van der Waals surface area contributed by atoms with Gasteiger partial charge in [-0.25, -0.2) is 0 Å². The summed E-state index contributed by atoms with van der Waals surface area (Å²) < 4.78 is 5.73. The lowest BCUT2D eigenvalue weighted by molar-refractivity contribution is 0.162.